The molecule has 0 aliphatic carbocycles. The number of rotatable bonds is 2. The Hall–Kier alpha value is -0.310. The predicted molar refractivity (Wildman–Crippen MR) is 53.4 cm³/mol. The van der Waals surface area contributed by atoms with Crippen molar-refractivity contribution < 1.29 is 0 Å². The van der Waals surface area contributed by atoms with Gasteiger partial charge in [-0.15, -0.1) is 30.3 Å². The molecule has 62 valence electrons. The van der Waals surface area contributed by atoms with Gasteiger partial charge in [-0.05, 0) is 23.9 Å². The van der Waals surface area contributed by atoms with Gasteiger partial charge in [0, 0.05) is 4.88 Å². The van der Waals surface area contributed by atoms with Crippen LogP contribution in [0.4, 0.5) is 0 Å². The van der Waals surface area contributed by atoms with Crippen LogP contribution in [-0.4, -0.2) is 0 Å². The molecule has 0 fully saturated rings. The highest BCUT2D eigenvalue weighted by Gasteiger charge is 2.04. The van der Waals surface area contributed by atoms with Crippen molar-refractivity contribution in [2.45, 2.75) is 13.0 Å². The average molecular weight is 190 g/mol. The number of aryl methyl sites for hydroxylation is 1. The van der Waals surface area contributed by atoms with Crippen molar-refractivity contribution >= 4 is 23.7 Å². The first-order valence-electron chi connectivity index (χ1n) is 3.18. The van der Waals surface area contributed by atoms with Gasteiger partial charge in [0.15, 0.2) is 0 Å². The Morgan fingerprint density at radius 3 is 2.73 bits per heavy atom. The minimum absolute atomic E-state index is 0. The minimum Gasteiger partial charge on any atom is -0.320 e. The van der Waals surface area contributed by atoms with Crippen LogP contribution in [0.3, 0.4) is 0 Å². The van der Waals surface area contributed by atoms with Crippen LogP contribution in [-0.2, 0) is 0 Å². The lowest BCUT2D eigenvalue weighted by Crippen LogP contribution is -2.05. The van der Waals surface area contributed by atoms with Crippen LogP contribution in [0.5, 0.6) is 0 Å². The van der Waals surface area contributed by atoms with Crippen LogP contribution < -0.4 is 5.73 Å². The molecule has 0 saturated heterocycles. The molecule has 1 nitrogen and oxygen atoms in total. The van der Waals surface area contributed by atoms with Crippen LogP contribution in [0.15, 0.2) is 24.1 Å². The molecule has 0 aliphatic rings. The Kier molecular flexibility index (Phi) is 4.42. The summed E-state index contributed by atoms with van der Waals surface area (Å²) in [6.45, 7) is 5.70. The second kappa shape index (κ2) is 4.54. The summed E-state index contributed by atoms with van der Waals surface area (Å²) in [5, 5.41) is 2.05. The van der Waals surface area contributed by atoms with Crippen molar-refractivity contribution in [3.63, 3.8) is 0 Å². The van der Waals surface area contributed by atoms with E-state index in [1.807, 2.05) is 5.38 Å². The van der Waals surface area contributed by atoms with E-state index in [9.17, 15) is 0 Å². The van der Waals surface area contributed by atoms with Gasteiger partial charge in [-0.3, -0.25) is 0 Å². The van der Waals surface area contributed by atoms with Crippen LogP contribution in [0, 0.1) is 6.92 Å². The van der Waals surface area contributed by atoms with Crippen molar-refractivity contribution in [3.8, 4) is 0 Å². The first-order chi connectivity index (χ1) is 4.75. The second-order valence-electron chi connectivity index (χ2n) is 2.23. The smallest absolute Gasteiger partial charge is 0.0575 e. The van der Waals surface area contributed by atoms with Gasteiger partial charge in [-0.2, -0.15) is 0 Å². The molecule has 0 amide bonds. The second-order valence-corrected chi connectivity index (χ2v) is 3.18. The van der Waals surface area contributed by atoms with Gasteiger partial charge in [-0.25, -0.2) is 0 Å². The third-order valence-electron chi connectivity index (χ3n) is 1.46. The van der Waals surface area contributed by atoms with E-state index in [4.69, 9.17) is 5.73 Å². The molecule has 0 bridgehead atoms. The van der Waals surface area contributed by atoms with Gasteiger partial charge in [0.2, 0.25) is 0 Å². The molecular weight excluding hydrogens is 178 g/mol. The molecule has 0 aliphatic heterocycles. The average Bonchev–Trinajstić information content (AvgIpc) is 2.34. The molecule has 1 aromatic heterocycles. The van der Waals surface area contributed by atoms with Crippen LogP contribution in [0.25, 0.3) is 0 Å². The Balaban J connectivity index is 0.000001000. The fraction of sp³-hybridized carbons (Fsp3) is 0.250. The Bertz CT molecular complexity index is 232. The summed E-state index contributed by atoms with van der Waals surface area (Å²) in [6.07, 6.45) is 1.76. The normalized spacial score (nSPS) is 11.8. The molecule has 1 rings (SSSR count). The summed E-state index contributed by atoms with van der Waals surface area (Å²) in [6, 6.07) is 2.09. The highest BCUT2D eigenvalue weighted by molar-refractivity contribution is 7.10. The molecule has 3 heteroatoms. The molecular formula is C8H12ClNS. The molecule has 0 radical (unpaired) electrons. The van der Waals surface area contributed by atoms with Gasteiger partial charge < -0.3 is 5.73 Å². The van der Waals surface area contributed by atoms with Crippen LogP contribution in [0.2, 0.25) is 0 Å². The topological polar surface area (TPSA) is 26.0 Å². The lowest BCUT2D eigenvalue weighted by Gasteiger charge is -2.02. The van der Waals surface area contributed by atoms with Crippen molar-refractivity contribution in [1.82, 2.24) is 0 Å². The predicted octanol–water partition coefficient (Wildman–Crippen LogP) is 2.66. The number of thiophene rings is 1. The van der Waals surface area contributed by atoms with E-state index in [0.29, 0.717) is 0 Å². The molecule has 0 aromatic carbocycles. The fourth-order valence-electron chi connectivity index (χ4n) is 0.833. The van der Waals surface area contributed by atoms with Crippen molar-refractivity contribution in [3.05, 3.63) is 34.5 Å². The summed E-state index contributed by atoms with van der Waals surface area (Å²) in [5.41, 5.74) is 6.99. The van der Waals surface area contributed by atoms with Crippen molar-refractivity contribution in [1.29, 1.82) is 0 Å². The molecule has 0 unspecified atom stereocenters. The zero-order valence-corrected chi connectivity index (χ0v) is 8.04. The fourth-order valence-corrected chi connectivity index (χ4v) is 1.76. The first kappa shape index (κ1) is 10.7. The molecule has 11 heavy (non-hydrogen) atoms. The highest BCUT2D eigenvalue weighted by atomic mass is 35.5. The van der Waals surface area contributed by atoms with Crippen molar-refractivity contribution in [2.24, 2.45) is 5.73 Å². The molecule has 2 N–H and O–H groups in total. The van der Waals surface area contributed by atoms with Gasteiger partial charge in [-0.1, -0.05) is 6.08 Å². The van der Waals surface area contributed by atoms with Crippen LogP contribution >= 0.6 is 23.7 Å². The minimum atomic E-state index is 0. The van der Waals surface area contributed by atoms with E-state index >= 15 is 0 Å². The summed E-state index contributed by atoms with van der Waals surface area (Å²) in [4.78, 5) is 1.22. The molecule has 1 aromatic rings. The maximum absolute atomic E-state index is 5.73. The lowest BCUT2D eigenvalue weighted by molar-refractivity contribution is 0.930. The molecule has 1 atom stereocenters. The van der Waals surface area contributed by atoms with E-state index in [0.717, 1.165) is 0 Å². The summed E-state index contributed by atoms with van der Waals surface area (Å²) < 4.78 is 0. The van der Waals surface area contributed by atoms with Crippen molar-refractivity contribution in [2.75, 3.05) is 0 Å². The van der Waals surface area contributed by atoms with E-state index < -0.39 is 0 Å². The molecule has 0 spiro atoms. The lowest BCUT2D eigenvalue weighted by atomic mass is 10.2. The first-order valence-corrected chi connectivity index (χ1v) is 4.06. The molecule has 0 saturated carbocycles. The number of hydrogen-bond donors (Lipinski definition) is 1. The largest absolute Gasteiger partial charge is 0.320 e. The zero-order valence-electron chi connectivity index (χ0n) is 6.41. The van der Waals surface area contributed by atoms with Gasteiger partial charge >= 0.3 is 0 Å². The summed E-state index contributed by atoms with van der Waals surface area (Å²) in [7, 11) is 0. The molecule has 1 heterocycles. The SMILES string of the molecule is C=C[C@@H](N)c1sccc1C.Cl. The van der Waals surface area contributed by atoms with E-state index in [2.05, 4.69) is 19.6 Å². The van der Waals surface area contributed by atoms with Gasteiger partial charge in [0.25, 0.3) is 0 Å². The van der Waals surface area contributed by atoms with Gasteiger partial charge in [0.05, 0.1) is 6.04 Å². The number of halogens is 1. The Labute approximate surface area is 77.3 Å². The Morgan fingerprint density at radius 2 is 2.36 bits per heavy atom. The standard InChI is InChI=1S/C8H11NS.ClH/c1-3-7(9)8-6(2)4-5-10-8;/h3-5,7H,1,9H2,2H3;1H/t7-;/m1./s1. The zero-order chi connectivity index (χ0) is 7.56. The number of hydrogen-bond acceptors (Lipinski definition) is 2. The third-order valence-corrected chi connectivity index (χ3v) is 2.58. The maximum atomic E-state index is 5.73. The Morgan fingerprint density at radius 1 is 1.73 bits per heavy atom. The van der Waals surface area contributed by atoms with E-state index in [1.165, 1.54) is 10.4 Å². The third kappa shape index (κ3) is 2.33. The quantitative estimate of drug-likeness (QED) is 0.712. The maximum Gasteiger partial charge on any atom is 0.0575 e. The highest BCUT2D eigenvalue weighted by Crippen LogP contribution is 2.22. The van der Waals surface area contributed by atoms with E-state index in [-0.39, 0.29) is 18.4 Å². The number of nitrogens with two attached hydrogens (primary N) is 1. The van der Waals surface area contributed by atoms with Gasteiger partial charge in [0.1, 0.15) is 0 Å². The van der Waals surface area contributed by atoms with E-state index in [1.54, 1.807) is 17.4 Å². The summed E-state index contributed by atoms with van der Waals surface area (Å²) in [5.74, 6) is 0. The van der Waals surface area contributed by atoms with Crippen LogP contribution in [0.1, 0.15) is 16.5 Å². The summed E-state index contributed by atoms with van der Waals surface area (Å²) >= 11 is 1.69. The monoisotopic (exact) mass is 189 g/mol.